The maximum Gasteiger partial charge on any atom is 0.233 e. The molecule has 0 aliphatic carbocycles. The van der Waals surface area contributed by atoms with Crippen LogP contribution in [-0.4, -0.2) is 29.4 Å². The standard InChI is InChI=1S/C12H13BrN6/c1-2-10(13)11-8-19(17-16-11)7-9-6-18-5-3-4-14-12(18)15-9/h3-6,8,10H,2,7H2,1H3. The molecule has 0 spiro atoms. The average Bonchev–Trinajstić information content (AvgIpc) is 3.04. The number of imidazole rings is 1. The highest BCUT2D eigenvalue weighted by Gasteiger charge is 2.10. The van der Waals surface area contributed by atoms with Crippen molar-refractivity contribution in [2.24, 2.45) is 0 Å². The summed E-state index contributed by atoms with van der Waals surface area (Å²) in [5.41, 5.74) is 1.86. The van der Waals surface area contributed by atoms with E-state index in [1.54, 1.807) is 10.9 Å². The van der Waals surface area contributed by atoms with E-state index in [4.69, 9.17) is 0 Å². The minimum Gasteiger partial charge on any atom is -0.291 e. The number of aromatic nitrogens is 6. The van der Waals surface area contributed by atoms with Gasteiger partial charge in [0.25, 0.3) is 0 Å². The molecule has 0 aliphatic heterocycles. The molecule has 0 N–H and O–H groups in total. The second-order valence-corrected chi connectivity index (χ2v) is 5.38. The summed E-state index contributed by atoms with van der Waals surface area (Å²) in [6, 6.07) is 1.88. The Morgan fingerprint density at radius 2 is 2.26 bits per heavy atom. The molecule has 98 valence electrons. The van der Waals surface area contributed by atoms with Gasteiger partial charge in [0, 0.05) is 18.6 Å². The Morgan fingerprint density at radius 1 is 1.37 bits per heavy atom. The predicted molar refractivity (Wildman–Crippen MR) is 74.1 cm³/mol. The van der Waals surface area contributed by atoms with E-state index in [0.717, 1.165) is 17.8 Å². The Kier molecular flexibility index (Phi) is 3.29. The molecule has 3 aromatic rings. The molecule has 3 heterocycles. The number of fused-ring (bicyclic) bond motifs is 1. The van der Waals surface area contributed by atoms with Gasteiger partial charge in [0.05, 0.1) is 29.0 Å². The van der Waals surface area contributed by atoms with Gasteiger partial charge in [-0.05, 0) is 12.5 Å². The summed E-state index contributed by atoms with van der Waals surface area (Å²) in [7, 11) is 0. The third-order valence-corrected chi connectivity index (χ3v) is 3.96. The Bertz CT molecular complexity index is 655. The van der Waals surface area contributed by atoms with Crippen LogP contribution in [0, 0.1) is 0 Å². The molecule has 0 bridgehead atoms. The summed E-state index contributed by atoms with van der Waals surface area (Å²) in [6.07, 6.45) is 8.54. The van der Waals surface area contributed by atoms with Crippen LogP contribution >= 0.6 is 15.9 Å². The van der Waals surface area contributed by atoms with Gasteiger partial charge < -0.3 is 0 Å². The molecule has 0 aromatic carbocycles. The lowest BCUT2D eigenvalue weighted by atomic mass is 10.3. The molecule has 19 heavy (non-hydrogen) atoms. The van der Waals surface area contributed by atoms with Crippen molar-refractivity contribution in [1.29, 1.82) is 0 Å². The molecule has 0 fully saturated rings. The van der Waals surface area contributed by atoms with Gasteiger partial charge >= 0.3 is 0 Å². The Morgan fingerprint density at radius 3 is 3.05 bits per heavy atom. The summed E-state index contributed by atoms with van der Waals surface area (Å²) in [4.78, 5) is 8.88. The van der Waals surface area contributed by atoms with Crippen LogP contribution in [0.1, 0.15) is 29.6 Å². The number of halogens is 1. The van der Waals surface area contributed by atoms with Crippen molar-refractivity contribution >= 4 is 21.7 Å². The van der Waals surface area contributed by atoms with E-state index in [2.05, 4.69) is 43.1 Å². The second kappa shape index (κ2) is 5.08. The van der Waals surface area contributed by atoms with Crippen LogP contribution < -0.4 is 0 Å². The summed E-state index contributed by atoms with van der Waals surface area (Å²) < 4.78 is 3.69. The first kappa shape index (κ1) is 12.3. The van der Waals surface area contributed by atoms with Gasteiger partial charge in [0.2, 0.25) is 5.78 Å². The lowest BCUT2D eigenvalue weighted by Crippen LogP contribution is -2.00. The van der Waals surface area contributed by atoms with Crippen LogP contribution in [-0.2, 0) is 6.54 Å². The van der Waals surface area contributed by atoms with Gasteiger partial charge in [-0.25, -0.2) is 14.6 Å². The molecule has 0 radical (unpaired) electrons. The average molecular weight is 321 g/mol. The van der Waals surface area contributed by atoms with Crippen molar-refractivity contribution in [3.8, 4) is 0 Å². The van der Waals surface area contributed by atoms with Crippen LogP contribution in [0.15, 0.2) is 30.9 Å². The van der Waals surface area contributed by atoms with Crippen molar-refractivity contribution in [2.75, 3.05) is 0 Å². The minimum absolute atomic E-state index is 0.254. The molecule has 6 nitrogen and oxygen atoms in total. The van der Waals surface area contributed by atoms with Gasteiger partial charge in [-0.2, -0.15) is 0 Å². The molecular formula is C12H13BrN6. The zero-order valence-electron chi connectivity index (χ0n) is 10.4. The summed E-state index contributed by atoms with van der Waals surface area (Å²) in [6.45, 7) is 2.70. The third-order valence-electron chi connectivity index (χ3n) is 2.85. The molecule has 3 rings (SSSR count). The first-order chi connectivity index (χ1) is 9.26. The molecule has 1 unspecified atom stereocenters. The Hall–Kier alpha value is -1.76. The van der Waals surface area contributed by atoms with E-state index >= 15 is 0 Å². The zero-order chi connectivity index (χ0) is 13.2. The van der Waals surface area contributed by atoms with Crippen molar-refractivity contribution in [3.63, 3.8) is 0 Å². The summed E-state index contributed by atoms with van der Waals surface area (Å²) >= 11 is 3.57. The number of alkyl halides is 1. The Balaban J connectivity index is 1.82. The minimum atomic E-state index is 0.254. The Labute approximate surface area is 118 Å². The van der Waals surface area contributed by atoms with Crippen LogP contribution in [0.25, 0.3) is 5.78 Å². The fraction of sp³-hybridized carbons (Fsp3) is 0.333. The van der Waals surface area contributed by atoms with E-state index < -0.39 is 0 Å². The van der Waals surface area contributed by atoms with Crippen LogP contribution in [0.3, 0.4) is 0 Å². The molecule has 0 saturated heterocycles. The number of hydrogen-bond acceptors (Lipinski definition) is 4. The van der Waals surface area contributed by atoms with Crippen molar-refractivity contribution in [3.05, 3.63) is 42.2 Å². The first-order valence-electron chi connectivity index (χ1n) is 6.09. The highest BCUT2D eigenvalue weighted by molar-refractivity contribution is 9.09. The maximum atomic E-state index is 4.43. The third kappa shape index (κ3) is 2.51. The second-order valence-electron chi connectivity index (χ2n) is 4.28. The van der Waals surface area contributed by atoms with Crippen LogP contribution in [0.2, 0.25) is 0 Å². The van der Waals surface area contributed by atoms with E-state index in [0.29, 0.717) is 12.3 Å². The molecule has 0 saturated carbocycles. The number of nitrogens with zero attached hydrogens (tertiary/aromatic N) is 6. The van der Waals surface area contributed by atoms with Gasteiger partial charge in [-0.1, -0.05) is 28.1 Å². The van der Waals surface area contributed by atoms with Gasteiger partial charge in [-0.3, -0.25) is 4.40 Å². The summed E-state index contributed by atoms with van der Waals surface area (Å²) in [5.74, 6) is 0.699. The topological polar surface area (TPSA) is 60.9 Å². The largest absolute Gasteiger partial charge is 0.291 e. The monoisotopic (exact) mass is 320 g/mol. The molecule has 7 heteroatoms. The predicted octanol–water partition coefficient (Wildman–Crippen LogP) is 2.22. The van der Waals surface area contributed by atoms with E-state index in [-0.39, 0.29) is 4.83 Å². The highest BCUT2D eigenvalue weighted by atomic mass is 79.9. The lowest BCUT2D eigenvalue weighted by molar-refractivity contribution is 0.640. The van der Waals surface area contributed by atoms with Gasteiger partial charge in [-0.15, -0.1) is 5.10 Å². The van der Waals surface area contributed by atoms with E-state index in [1.807, 2.05) is 29.1 Å². The van der Waals surface area contributed by atoms with Crippen LogP contribution in [0.4, 0.5) is 0 Å². The quantitative estimate of drug-likeness (QED) is 0.691. The maximum absolute atomic E-state index is 4.43. The normalized spacial score (nSPS) is 12.9. The van der Waals surface area contributed by atoms with Crippen molar-refractivity contribution in [1.82, 2.24) is 29.4 Å². The summed E-state index contributed by atoms with van der Waals surface area (Å²) in [5, 5.41) is 8.27. The van der Waals surface area contributed by atoms with E-state index in [1.165, 1.54) is 0 Å². The first-order valence-corrected chi connectivity index (χ1v) is 7.00. The smallest absolute Gasteiger partial charge is 0.233 e. The van der Waals surface area contributed by atoms with E-state index in [9.17, 15) is 0 Å². The number of rotatable bonds is 4. The van der Waals surface area contributed by atoms with Crippen LogP contribution in [0.5, 0.6) is 0 Å². The SMILES string of the molecule is CCC(Br)c1cn(Cc2cn3cccnc3n2)nn1. The fourth-order valence-corrected chi connectivity index (χ4v) is 2.07. The van der Waals surface area contributed by atoms with Gasteiger partial charge in [0.1, 0.15) is 0 Å². The number of hydrogen-bond donors (Lipinski definition) is 0. The fourth-order valence-electron chi connectivity index (χ4n) is 1.86. The molecule has 3 aromatic heterocycles. The molecule has 0 amide bonds. The van der Waals surface area contributed by atoms with Gasteiger partial charge in [0.15, 0.2) is 0 Å². The molecule has 0 aliphatic rings. The molecule has 1 atom stereocenters. The zero-order valence-corrected chi connectivity index (χ0v) is 12.0. The lowest BCUT2D eigenvalue weighted by Gasteiger charge is -1.99. The van der Waals surface area contributed by atoms with Crippen molar-refractivity contribution in [2.45, 2.75) is 24.7 Å². The van der Waals surface area contributed by atoms with Crippen molar-refractivity contribution < 1.29 is 0 Å². The highest BCUT2D eigenvalue weighted by Crippen LogP contribution is 2.23. The molecular weight excluding hydrogens is 308 g/mol.